The Kier molecular flexibility index (Phi) is 6.00. The maximum atomic E-state index is 12.6. The Hall–Kier alpha value is -1.31. The minimum absolute atomic E-state index is 0.294. The first-order chi connectivity index (χ1) is 9.71. The number of nitrogens with one attached hydrogen (secondary N) is 1. The molecule has 0 aliphatic rings. The summed E-state index contributed by atoms with van der Waals surface area (Å²) < 4.78 is 34.5. The molecule has 3 N–H and O–H groups in total. The molecule has 0 heterocycles. The van der Waals surface area contributed by atoms with E-state index in [1.54, 1.807) is 45.0 Å². The molecule has 0 atom stereocenters. The van der Waals surface area contributed by atoms with E-state index >= 15 is 0 Å². The van der Waals surface area contributed by atoms with Gasteiger partial charge in [0.25, 0.3) is 0 Å². The first kappa shape index (κ1) is 17.7. The van der Waals surface area contributed by atoms with Gasteiger partial charge in [0, 0.05) is 12.1 Å². The normalized spacial score (nSPS) is 12.2. The van der Waals surface area contributed by atoms with Gasteiger partial charge in [-0.05, 0) is 45.9 Å². The van der Waals surface area contributed by atoms with Crippen LogP contribution in [0.1, 0.15) is 27.2 Å². The SMILES string of the molecule is COc1ccccc1N(CCCN)S(=O)(=O)NC(C)(C)C. The van der Waals surface area contributed by atoms with E-state index in [-0.39, 0.29) is 0 Å². The molecule has 0 aromatic heterocycles. The molecule has 0 aliphatic heterocycles. The maximum Gasteiger partial charge on any atom is 0.302 e. The van der Waals surface area contributed by atoms with Gasteiger partial charge in [-0.3, -0.25) is 4.31 Å². The number of para-hydroxylation sites is 2. The number of nitrogens with zero attached hydrogens (tertiary/aromatic N) is 1. The highest BCUT2D eigenvalue weighted by Crippen LogP contribution is 2.29. The van der Waals surface area contributed by atoms with Crippen molar-refractivity contribution in [3.8, 4) is 5.75 Å². The van der Waals surface area contributed by atoms with Crippen molar-refractivity contribution in [3.05, 3.63) is 24.3 Å². The van der Waals surface area contributed by atoms with E-state index in [0.717, 1.165) is 0 Å². The standard InChI is InChI=1S/C14H25N3O3S/c1-14(2,3)16-21(18,19)17(11-7-10-15)12-8-5-6-9-13(12)20-4/h5-6,8-9,16H,7,10-11,15H2,1-4H3. The largest absolute Gasteiger partial charge is 0.495 e. The van der Waals surface area contributed by atoms with Gasteiger partial charge in [0.05, 0.1) is 12.8 Å². The second kappa shape index (κ2) is 7.11. The number of methoxy groups -OCH3 is 1. The van der Waals surface area contributed by atoms with E-state index in [9.17, 15) is 8.42 Å². The minimum Gasteiger partial charge on any atom is -0.495 e. The molecule has 0 saturated heterocycles. The molecule has 0 spiro atoms. The molecule has 120 valence electrons. The highest BCUT2D eigenvalue weighted by molar-refractivity contribution is 7.90. The van der Waals surface area contributed by atoms with Crippen LogP contribution < -0.4 is 19.5 Å². The van der Waals surface area contributed by atoms with Crippen LogP contribution in [0.15, 0.2) is 24.3 Å². The number of hydrogen-bond acceptors (Lipinski definition) is 4. The van der Waals surface area contributed by atoms with Crippen molar-refractivity contribution in [2.45, 2.75) is 32.7 Å². The Bertz CT molecular complexity index is 553. The van der Waals surface area contributed by atoms with Crippen LogP contribution in [0.2, 0.25) is 0 Å². The first-order valence-corrected chi connectivity index (χ1v) is 8.30. The Morgan fingerprint density at radius 3 is 2.43 bits per heavy atom. The Balaban J connectivity index is 3.22. The zero-order chi connectivity index (χ0) is 16.1. The van der Waals surface area contributed by atoms with Crippen molar-refractivity contribution in [2.75, 3.05) is 24.5 Å². The zero-order valence-electron chi connectivity index (χ0n) is 13.1. The van der Waals surface area contributed by atoms with E-state index in [1.807, 2.05) is 0 Å². The summed E-state index contributed by atoms with van der Waals surface area (Å²) in [5.41, 5.74) is 5.46. The zero-order valence-corrected chi connectivity index (χ0v) is 13.9. The van der Waals surface area contributed by atoms with Crippen molar-refractivity contribution in [2.24, 2.45) is 5.73 Å². The number of hydrogen-bond donors (Lipinski definition) is 2. The predicted octanol–water partition coefficient (Wildman–Crippen LogP) is 1.48. The van der Waals surface area contributed by atoms with Gasteiger partial charge >= 0.3 is 10.2 Å². The van der Waals surface area contributed by atoms with E-state index in [4.69, 9.17) is 10.5 Å². The van der Waals surface area contributed by atoms with Crippen molar-refractivity contribution >= 4 is 15.9 Å². The lowest BCUT2D eigenvalue weighted by Gasteiger charge is -2.30. The molecule has 1 rings (SSSR count). The Morgan fingerprint density at radius 2 is 1.90 bits per heavy atom. The molecule has 0 saturated carbocycles. The summed E-state index contributed by atoms with van der Waals surface area (Å²) >= 11 is 0. The average molecular weight is 315 g/mol. The van der Waals surface area contributed by atoms with Gasteiger partial charge in [0.2, 0.25) is 0 Å². The number of rotatable bonds is 7. The Labute approximate surface area is 127 Å². The van der Waals surface area contributed by atoms with Crippen LogP contribution in [0.5, 0.6) is 5.75 Å². The van der Waals surface area contributed by atoms with Gasteiger partial charge in [-0.25, -0.2) is 0 Å². The molecule has 0 fully saturated rings. The molecule has 0 unspecified atom stereocenters. The topological polar surface area (TPSA) is 84.7 Å². The molecule has 6 nitrogen and oxygen atoms in total. The smallest absolute Gasteiger partial charge is 0.302 e. The molecular weight excluding hydrogens is 290 g/mol. The summed E-state index contributed by atoms with van der Waals surface area (Å²) in [6, 6.07) is 7.03. The van der Waals surface area contributed by atoms with Crippen LogP contribution >= 0.6 is 0 Å². The number of ether oxygens (including phenoxy) is 1. The van der Waals surface area contributed by atoms with Gasteiger partial charge in [-0.2, -0.15) is 13.1 Å². The third-order valence-corrected chi connectivity index (χ3v) is 4.47. The fourth-order valence-corrected chi connectivity index (χ4v) is 3.55. The molecule has 7 heteroatoms. The van der Waals surface area contributed by atoms with E-state index in [2.05, 4.69) is 4.72 Å². The second-order valence-electron chi connectivity index (χ2n) is 5.74. The molecule has 0 amide bonds. The first-order valence-electron chi connectivity index (χ1n) is 6.86. The van der Waals surface area contributed by atoms with Crippen LogP contribution in [-0.4, -0.2) is 34.2 Å². The Morgan fingerprint density at radius 1 is 1.29 bits per heavy atom. The monoisotopic (exact) mass is 315 g/mol. The average Bonchev–Trinajstić information content (AvgIpc) is 2.36. The summed E-state index contributed by atoms with van der Waals surface area (Å²) in [6.07, 6.45) is 0.559. The summed E-state index contributed by atoms with van der Waals surface area (Å²) in [6.45, 7) is 6.11. The van der Waals surface area contributed by atoms with Crippen LogP contribution in [0, 0.1) is 0 Å². The molecule has 21 heavy (non-hydrogen) atoms. The lowest BCUT2D eigenvalue weighted by Crippen LogP contribution is -2.49. The molecule has 0 aliphatic carbocycles. The predicted molar refractivity (Wildman–Crippen MR) is 85.8 cm³/mol. The quantitative estimate of drug-likeness (QED) is 0.798. The van der Waals surface area contributed by atoms with E-state index in [0.29, 0.717) is 30.9 Å². The van der Waals surface area contributed by atoms with Crippen molar-refractivity contribution < 1.29 is 13.2 Å². The third kappa shape index (κ3) is 5.18. The molecular formula is C14H25N3O3S. The van der Waals surface area contributed by atoms with E-state index in [1.165, 1.54) is 11.4 Å². The van der Waals surface area contributed by atoms with Crippen molar-refractivity contribution in [1.29, 1.82) is 0 Å². The third-order valence-electron chi connectivity index (χ3n) is 2.64. The molecule has 0 radical (unpaired) electrons. The van der Waals surface area contributed by atoms with Crippen molar-refractivity contribution in [1.82, 2.24) is 4.72 Å². The maximum absolute atomic E-state index is 12.6. The van der Waals surface area contributed by atoms with Gasteiger partial charge in [-0.1, -0.05) is 12.1 Å². The van der Waals surface area contributed by atoms with Crippen LogP contribution in [0.4, 0.5) is 5.69 Å². The van der Waals surface area contributed by atoms with Crippen molar-refractivity contribution in [3.63, 3.8) is 0 Å². The molecule has 1 aromatic rings. The highest BCUT2D eigenvalue weighted by atomic mass is 32.2. The van der Waals surface area contributed by atoms with Crippen LogP contribution in [0.25, 0.3) is 0 Å². The second-order valence-corrected chi connectivity index (χ2v) is 7.34. The number of anilines is 1. The summed E-state index contributed by atoms with van der Waals surface area (Å²) in [7, 11) is -2.17. The van der Waals surface area contributed by atoms with Gasteiger partial charge in [-0.15, -0.1) is 0 Å². The lowest BCUT2D eigenvalue weighted by atomic mass is 10.1. The molecule has 1 aromatic carbocycles. The van der Waals surface area contributed by atoms with Gasteiger partial charge in [0.1, 0.15) is 5.75 Å². The van der Waals surface area contributed by atoms with Crippen LogP contribution in [-0.2, 0) is 10.2 Å². The fourth-order valence-electron chi connectivity index (χ4n) is 1.88. The summed E-state index contributed by atoms with van der Waals surface area (Å²) in [5, 5.41) is 0. The number of nitrogens with two attached hydrogens (primary N) is 1. The molecule has 0 bridgehead atoms. The van der Waals surface area contributed by atoms with Gasteiger partial charge in [0.15, 0.2) is 0 Å². The lowest BCUT2D eigenvalue weighted by molar-refractivity contribution is 0.415. The number of benzene rings is 1. The minimum atomic E-state index is -3.69. The summed E-state index contributed by atoms with van der Waals surface area (Å²) in [4.78, 5) is 0. The van der Waals surface area contributed by atoms with Gasteiger partial charge < -0.3 is 10.5 Å². The van der Waals surface area contributed by atoms with Crippen LogP contribution in [0.3, 0.4) is 0 Å². The van der Waals surface area contributed by atoms with E-state index < -0.39 is 15.7 Å². The highest BCUT2D eigenvalue weighted by Gasteiger charge is 2.28. The fraction of sp³-hybridized carbons (Fsp3) is 0.571. The summed E-state index contributed by atoms with van der Waals surface area (Å²) in [5.74, 6) is 0.508.